The van der Waals surface area contributed by atoms with Crippen molar-refractivity contribution in [2.75, 3.05) is 14.2 Å². The number of thiazole rings is 1. The number of rotatable bonds is 9. The molecule has 0 fully saturated rings. The maximum Gasteiger partial charge on any atom is 0.338 e. The van der Waals surface area contributed by atoms with Crippen molar-refractivity contribution in [3.05, 3.63) is 131 Å². The minimum absolute atomic E-state index is 0.0147. The molecule has 1 atom stereocenters. The second-order valence-corrected chi connectivity index (χ2v) is 10.3. The monoisotopic (exact) mass is 585 g/mol. The van der Waals surface area contributed by atoms with Gasteiger partial charge in [-0.15, -0.1) is 0 Å². The molecule has 0 N–H and O–H groups in total. The number of nitro benzene ring substituents is 1. The van der Waals surface area contributed by atoms with Crippen LogP contribution in [0.1, 0.15) is 36.1 Å². The third-order valence-corrected chi connectivity index (χ3v) is 7.75. The van der Waals surface area contributed by atoms with E-state index in [2.05, 4.69) is 4.99 Å². The molecule has 5 rings (SSSR count). The number of esters is 1. The third kappa shape index (κ3) is 5.59. The zero-order valence-corrected chi connectivity index (χ0v) is 23.9. The third-order valence-electron chi connectivity index (χ3n) is 6.77. The van der Waals surface area contributed by atoms with E-state index in [0.29, 0.717) is 49.7 Å². The molecule has 1 aliphatic heterocycles. The molecule has 214 valence electrons. The van der Waals surface area contributed by atoms with Crippen LogP contribution in [0.3, 0.4) is 0 Å². The van der Waals surface area contributed by atoms with Crippen LogP contribution in [0.25, 0.3) is 6.08 Å². The van der Waals surface area contributed by atoms with E-state index in [1.807, 2.05) is 37.3 Å². The van der Waals surface area contributed by atoms with Crippen molar-refractivity contribution in [3.8, 4) is 11.5 Å². The lowest BCUT2D eigenvalue weighted by Crippen LogP contribution is -2.40. The number of carbonyl (C=O) groups is 1. The minimum atomic E-state index is -0.675. The molecule has 2 heterocycles. The summed E-state index contributed by atoms with van der Waals surface area (Å²) in [5.41, 5.74) is 2.74. The van der Waals surface area contributed by atoms with Gasteiger partial charge >= 0.3 is 5.97 Å². The summed E-state index contributed by atoms with van der Waals surface area (Å²) in [6.07, 6.45) is 2.24. The van der Waals surface area contributed by atoms with Crippen LogP contribution < -0.4 is 24.4 Å². The highest BCUT2D eigenvalue weighted by molar-refractivity contribution is 7.07. The summed E-state index contributed by atoms with van der Waals surface area (Å²) in [5.74, 6) is 0.358. The van der Waals surface area contributed by atoms with E-state index in [1.54, 1.807) is 41.0 Å². The van der Waals surface area contributed by atoms with Gasteiger partial charge in [-0.3, -0.25) is 19.5 Å². The van der Waals surface area contributed by atoms with Crippen LogP contribution >= 0.6 is 11.3 Å². The van der Waals surface area contributed by atoms with Crippen LogP contribution in [0, 0.1) is 10.1 Å². The van der Waals surface area contributed by atoms with Crippen molar-refractivity contribution in [3.63, 3.8) is 0 Å². The predicted octanol–water partition coefficient (Wildman–Crippen LogP) is 4.29. The fraction of sp³-hybridized carbons (Fsp3) is 0.194. The molecule has 10 nitrogen and oxygen atoms in total. The summed E-state index contributed by atoms with van der Waals surface area (Å²) in [6.45, 7) is 2.02. The lowest BCUT2D eigenvalue weighted by Gasteiger charge is -2.25. The second kappa shape index (κ2) is 12.2. The lowest BCUT2D eigenvalue weighted by atomic mass is 9.95. The number of nitrogens with zero attached hydrogens (tertiary/aromatic N) is 3. The number of non-ortho nitro benzene ring substituents is 1. The largest absolute Gasteiger partial charge is 0.493 e. The topological polar surface area (TPSA) is 122 Å². The second-order valence-electron chi connectivity index (χ2n) is 9.32. The van der Waals surface area contributed by atoms with E-state index in [9.17, 15) is 19.7 Å². The number of nitro groups is 1. The average Bonchev–Trinajstić information content (AvgIpc) is 3.33. The fourth-order valence-corrected chi connectivity index (χ4v) is 5.80. The molecule has 1 aromatic heterocycles. The highest BCUT2D eigenvalue weighted by atomic mass is 32.1. The average molecular weight is 586 g/mol. The van der Waals surface area contributed by atoms with Crippen LogP contribution in [-0.4, -0.2) is 29.7 Å². The molecule has 11 heteroatoms. The molecule has 0 saturated carbocycles. The van der Waals surface area contributed by atoms with Gasteiger partial charge in [-0.05, 0) is 41.3 Å². The Hall–Kier alpha value is -5.03. The van der Waals surface area contributed by atoms with Crippen molar-refractivity contribution in [2.45, 2.75) is 26.0 Å². The van der Waals surface area contributed by atoms with Crippen LogP contribution in [-0.2, 0) is 16.1 Å². The van der Waals surface area contributed by atoms with Gasteiger partial charge in [0, 0.05) is 12.1 Å². The summed E-state index contributed by atoms with van der Waals surface area (Å²) in [7, 11) is 2.83. The van der Waals surface area contributed by atoms with Crippen molar-refractivity contribution in [1.82, 2.24) is 4.57 Å². The Bertz CT molecular complexity index is 1880. The van der Waals surface area contributed by atoms with Crippen molar-refractivity contribution >= 4 is 29.1 Å². The molecule has 0 saturated heterocycles. The molecule has 0 unspecified atom stereocenters. The SMILES string of the molecule is CCC1=C(C(=O)OC)[C@@H](c2ccccc2)n2c(s/c(=C\c3ccc(OCc4cccc([N+](=O)[O-])c4)c(OC)c3)c2=O)=N1. The van der Waals surface area contributed by atoms with Gasteiger partial charge in [0.25, 0.3) is 11.2 Å². The Labute approximate surface area is 244 Å². The molecular formula is C31H27N3O7S. The highest BCUT2D eigenvalue weighted by Crippen LogP contribution is 2.32. The fourth-order valence-electron chi connectivity index (χ4n) is 4.78. The molecular weight excluding hydrogens is 558 g/mol. The van der Waals surface area contributed by atoms with Gasteiger partial charge in [-0.1, -0.05) is 66.8 Å². The molecule has 4 aromatic rings. The van der Waals surface area contributed by atoms with Gasteiger partial charge in [0.05, 0.1) is 41.0 Å². The summed E-state index contributed by atoms with van der Waals surface area (Å²) in [5, 5.41) is 11.1. The van der Waals surface area contributed by atoms with E-state index in [-0.39, 0.29) is 17.9 Å². The maximum atomic E-state index is 13.8. The Morgan fingerprint density at radius 1 is 1.07 bits per heavy atom. The standard InChI is InChI=1S/C31H27N3O7S/c1-4-23-27(30(36)40-3)28(21-10-6-5-7-11-21)33-29(35)26(42-31(33)32-23)17-19-13-14-24(25(16-19)39-2)41-18-20-9-8-12-22(15-20)34(37)38/h5-17,28H,4,18H2,1-3H3/b26-17-/t28-/m1/s1. The number of methoxy groups -OCH3 is 2. The Morgan fingerprint density at radius 3 is 2.55 bits per heavy atom. The summed E-state index contributed by atoms with van der Waals surface area (Å²) in [4.78, 5) is 42.5. The zero-order valence-electron chi connectivity index (χ0n) is 23.1. The number of benzene rings is 3. The van der Waals surface area contributed by atoms with Crippen LogP contribution in [0.5, 0.6) is 11.5 Å². The van der Waals surface area contributed by atoms with Gasteiger partial charge in [-0.25, -0.2) is 9.79 Å². The number of hydrogen-bond acceptors (Lipinski definition) is 9. The molecule has 1 aliphatic rings. The summed E-state index contributed by atoms with van der Waals surface area (Å²) in [6, 6.07) is 20.1. The quantitative estimate of drug-likeness (QED) is 0.163. The molecule has 0 aliphatic carbocycles. The maximum absolute atomic E-state index is 13.8. The first-order chi connectivity index (χ1) is 20.3. The first-order valence-corrected chi connectivity index (χ1v) is 13.9. The first-order valence-electron chi connectivity index (χ1n) is 13.1. The summed E-state index contributed by atoms with van der Waals surface area (Å²) < 4.78 is 18.5. The van der Waals surface area contributed by atoms with Gasteiger partial charge in [0.2, 0.25) is 0 Å². The van der Waals surface area contributed by atoms with Gasteiger partial charge < -0.3 is 14.2 Å². The van der Waals surface area contributed by atoms with Crippen LogP contribution in [0.15, 0.2) is 93.9 Å². The molecule has 42 heavy (non-hydrogen) atoms. The first kappa shape index (κ1) is 28.5. The predicted molar refractivity (Wildman–Crippen MR) is 157 cm³/mol. The van der Waals surface area contributed by atoms with E-state index >= 15 is 0 Å². The Kier molecular flexibility index (Phi) is 8.30. The van der Waals surface area contributed by atoms with Crippen molar-refractivity contribution in [2.24, 2.45) is 4.99 Å². The van der Waals surface area contributed by atoms with E-state index in [4.69, 9.17) is 14.2 Å². The zero-order chi connectivity index (χ0) is 29.8. The number of allylic oxidation sites excluding steroid dienone is 1. The summed E-state index contributed by atoms with van der Waals surface area (Å²) >= 11 is 1.24. The molecule has 0 spiro atoms. The van der Waals surface area contributed by atoms with E-state index < -0.39 is 16.9 Å². The number of aromatic nitrogens is 1. The Balaban J connectivity index is 1.52. The van der Waals surface area contributed by atoms with Gasteiger partial charge in [0.1, 0.15) is 6.61 Å². The molecule has 0 radical (unpaired) electrons. The Morgan fingerprint density at radius 2 is 1.86 bits per heavy atom. The highest BCUT2D eigenvalue weighted by Gasteiger charge is 2.33. The minimum Gasteiger partial charge on any atom is -0.493 e. The molecule has 0 amide bonds. The van der Waals surface area contributed by atoms with Crippen LogP contribution in [0.4, 0.5) is 5.69 Å². The van der Waals surface area contributed by atoms with Crippen molar-refractivity contribution < 1.29 is 23.9 Å². The number of hydrogen-bond donors (Lipinski definition) is 0. The normalized spacial score (nSPS) is 14.6. The molecule has 3 aromatic carbocycles. The van der Waals surface area contributed by atoms with E-state index in [0.717, 1.165) is 5.56 Å². The lowest BCUT2D eigenvalue weighted by molar-refractivity contribution is -0.384. The van der Waals surface area contributed by atoms with E-state index in [1.165, 1.54) is 37.7 Å². The number of fused-ring (bicyclic) bond motifs is 1. The van der Waals surface area contributed by atoms with Crippen molar-refractivity contribution in [1.29, 1.82) is 0 Å². The van der Waals surface area contributed by atoms with Gasteiger partial charge in [-0.2, -0.15) is 0 Å². The van der Waals surface area contributed by atoms with Gasteiger partial charge in [0.15, 0.2) is 16.3 Å². The molecule has 0 bridgehead atoms. The number of carbonyl (C=O) groups excluding carboxylic acids is 1. The smallest absolute Gasteiger partial charge is 0.338 e. The number of ether oxygens (including phenoxy) is 3. The van der Waals surface area contributed by atoms with Crippen LogP contribution in [0.2, 0.25) is 0 Å².